The number of benzene rings is 1. The van der Waals surface area contributed by atoms with E-state index in [9.17, 15) is 18.3 Å². The third-order valence-electron chi connectivity index (χ3n) is 6.21. The number of hydrogen-bond acceptors (Lipinski definition) is 6. The number of likely N-dealkylation sites (N-methyl/N-ethyl adjacent to an activating group) is 1. The van der Waals surface area contributed by atoms with Gasteiger partial charge in [0.05, 0.1) is 11.1 Å². The van der Waals surface area contributed by atoms with Crippen molar-refractivity contribution >= 4 is 11.5 Å². The van der Waals surface area contributed by atoms with E-state index >= 15 is 0 Å². The van der Waals surface area contributed by atoms with E-state index in [0.29, 0.717) is 29.5 Å². The second-order valence-electron chi connectivity index (χ2n) is 8.06. The quantitative estimate of drug-likeness (QED) is 0.690. The van der Waals surface area contributed by atoms with Crippen molar-refractivity contribution in [1.82, 2.24) is 24.5 Å². The Hall–Kier alpha value is -2.88. The molecule has 2 aromatic heterocycles. The molecule has 1 aromatic carbocycles. The lowest BCUT2D eigenvalue weighted by atomic mass is 9.92. The first-order chi connectivity index (χ1) is 14.3. The number of halogens is 3. The zero-order chi connectivity index (χ0) is 21.0. The predicted molar refractivity (Wildman–Crippen MR) is 104 cm³/mol. The van der Waals surface area contributed by atoms with Gasteiger partial charge in [0, 0.05) is 31.5 Å². The van der Waals surface area contributed by atoms with Gasteiger partial charge < -0.3 is 14.9 Å². The van der Waals surface area contributed by atoms with Gasteiger partial charge in [-0.1, -0.05) is 0 Å². The fraction of sp³-hybridized carbons (Fsp3) is 0.450. The van der Waals surface area contributed by atoms with Crippen LogP contribution in [-0.2, 0) is 6.18 Å². The molecule has 2 fully saturated rings. The smallest absolute Gasteiger partial charge is 0.416 e. The van der Waals surface area contributed by atoms with Crippen molar-refractivity contribution in [3.8, 4) is 17.1 Å². The van der Waals surface area contributed by atoms with E-state index in [4.69, 9.17) is 0 Å². The van der Waals surface area contributed by atoms with Crippen LogP contribution in [-0.4, -0.2) is 62.3 Å². The highest BCUT2D eigenvalue weighted by Crippen LogP contribution is 2.38. The zero-order valence-corrected chi connectivity index (χ0v) is 16.3. The van der Waals surface area contributed by atoms with Crippen LogP contribution in [0.1, 0.15) is 18.4 Å². The Bertz CT molecular complexity index is 1100. The van der Waals surface area contributed by atoms with Crippen molar-refractivity contribution in [2.45, 2.75) is 25.1 Å². The maximum Gasteiger partial charge on any atom is 0.416 e. The highest BCUT2D eigenvalue weighted by molar-refractivity contribution is 5.72. The molecule has 5 rings (SSSR count). The topological polar surface area (TPSA) is 69.8 Å². The summed E-state index contributed by atoms with van der Waals surface area (Å²) in [6.45, 7) is 2.90. The number of alkyl halides is 3. The number of aromatic nitrogens is 4. The third kappa shape index (κ3) is 3.06. The number of aromatic hydroxyl groups is 1. The molecule has 0 bridgehead atoms. The summed E-state index contributed by atoms with van der Waals surface area (Å²) < 4.78 is 40.5. The van der Waals surface area contributed by atoms with Gasteiger partial charge in [0.25, 0.3) is 0 Å². The summed E-state index contributed by atoms with van der Waals surface area (Å²) in [5.74, 6) is 1.01. The highest BCUT2D eigenvalue weighted by atomic mass is 19.4. The Morgan fingerprint density at radius 2 is 1.93 bits per heavy atom. The standard InChI is InChI=1S/C20H21F3N6O/c1-27-7-4-12-5-8-28(15(12)11-27)19-18-24-6-9-29(18)17(25-26-19)14-3-2-13(10-16(14)30)20(21,22)23/h2-3,6,9-10,12,15,30H,4-5,7-8,11H2,1H3. The van der Waals surface area contributed by atoms with Gasteiger partial charge in [0.15, 0.2) is 17.3 Å². The van der Waals surface area contributed by atoms with Crippen molar-refractivity contribution in [2.24, 2.45) is 5.92 Å². The minimum atomic E-state index is -4.53. The van der Waals surface area contributed by atoms with Gasteiger partial charge >= 0.3 is 6.18 Å². The van der Waals surface area contributed by atoms with E-state index in [1.165, 1.54) is 6.07 Å². The predicted octanol–water partition coefficient (Wildman–Crippen LogP) is 3.05. The molecule has 1 N–H and O–H groups in total. The number of imidazole rings is 1. The van der Waals surface area contributed by atoms with Crippen molar-refractivity contribution < 1.29 is 18.3 Å². The van der Waals surface area contributed by atoms with Gasteiger partial charge in [0.1, 0.15) is 5.75 Å². The van der Waals surface area contributed by atoms with E-state index in [2.05, 4.69) is 32.0 Å². The number of nitrogens with zero attached hydrogens (tertiary/aromatic N) is 6. The highest BCUT2D eigenvalue weighted by Gasteiger charge is 2.39. The molecule has 0 spiro atoms. The van der Waals surface area contributed by atoms with Crippen LogP contribution in [0.4, 0.5) is 19.0 Å². The van der Waals surface area contributed by atoms with Crippen molar-refractivity contribution in [2.75, 3.05) is 31.6 Å². The number of phenolic OH excluding ortho intramolecular Hbond substituents is 1. The molecule has 0 aliphatic carbocycles. The minimum absolute atomic E-state index is 0.168. The van der Waals surface area contributed by atoms with Gasteiger partial charge in [-0.2, -0.15) is 13.2 Å². The Morgan fingerprint density at radius 1 is 1.13 bits per heavy atom. The monoisotopic (exact) mass is 418 g/mol. The second kappa shape index (κ2) is 6.83. The second-order valence-corrected chi connectivity index (χ2v) is 8.06. The molecule has 3 aromatic rings. The number of anilines is 1. The largest absolute Gasteiger partial charge is 0.507 e. The van der Waals surface area contributed by atoms with E-state index in [1.54, 1.807) is 16.8 Å². The first-order valence-corrected chi connectivity index (χ1v) is 9.88. The lowest BCUT2D eigenvalue weighted by Crippen LogP contribution is -2.47. The number of phenols is 1. The molecule has 2 saturated heterocycles. The average Bonchev–Trinajstić information content (AvgIpc) is 3.34. The van der Waals surface area contributed by atoms with E-state index in [1.807, 2.05) is 0 Å². The molecule has 4 heterocycles. The Morgan fingerprint density at radius 3 is 2.70 bits per heavy atom. The first-order valence-electron chi connectivity index (χ1n) is 9.88. The van der Waals surface area contributed by atoms with Crippen LogP contribution in [0.25, 0.3) is 17.0 Å². The Balaban J connectivity index is 1.56. The number of hydrogen-bond donors (Lipinski definition) is 1. The molecule has 0 amide bonds. The summed E-state index contributed by atoms with van der Waals surface area (Å²) in [6.07, 6.45) is 0.991. The number of fused-ring (bicyclic) bond motifs is 2. The summed E-state index contributed by atoms with van der Waals surface area (Å²) in [4.78, 5) is 8.99. The fourth-order valence-electron chi connectivity index (χ4n) is 4.66. The van der Waals surface area contributed by atoms with Crippen LogP contribution in [0.3, 0.4) is 0 Å². The van der Waals surface area contributed by atoms with Crippen LogP contribution >= 0.6 is 0 Å². The Kier molecular flexibility index (Phi) is 4.35. The summed E-state index contributed by atoms with van der Waals surface area (Å²) >= 11 is 0. The first kappa shape index (κ1) is 19.1. The molecule has 10 heteroatoms. The molecule has 2 atom stereocenters. The summed E-state index contributed by atoms with van der Waals surface area (Å²) in [7, 11) is 2.11. The van der Waals surface area contributed by atoms with Gasteiger partial charge in [-0.15, -0.1) is 10.2 Å². The van der Waals surface area contributed by atoms with Crippen LogP contribution in [0, 0.1) is 5.92 Å². The van der Waals surface area contributed by atoms with E-state index in [-0.39, 0.29) is 11.4 Å². The maximum atomic E-state index is 12.9. The zero-order valence-electron chi connectivity index (χ0n) is 16.3. The number of rotatable bonds is 2. The van der Waals surface area contributed by atoms with E-state index in [0.717, 1.165) is 38.5 Å². The van der Waals surface area contributed by atoms with Gasteiger partial charge in [-0.25, -0.2) is 4.98 Å². The third-order valence-corrected chi connectivity index (χ3v) is 6.21. The van der Waals surface area contributed by atoms with Gasteiger partial charge in [-0.3, -0.25) is 4.40 Å². The summed E-state index contributed by atoms with van der Waals surface area (Å²) in [6, 6.07) is 3.18. The van der Waals surface area contributed by atoms with Crippen molar-refractivity contribution in [3.05, 3.63) is 36.2 Å². The number of likely N-dealkylation sites (tertiary alicyclic amines) is 1. The Labute approximate surface area is 170 Å². The molecule has 2 aliphatic heterocycles. The van der Waals surface area contributed by atoms with Crippen molar-refractivity contribution in [1.29, 1.82) is 0 Å². The molecular weight excluding hydrogens is 397 g/mol. The maximum absolute atomic E-state index is 12.9. The summed E-state index contributed by atoms with van der Waals surface area (Å²) in [5, 5.41) is 18.9. The van der Waals surface area contributed by atoms with Gasteiger partial charge in [0.2, 0.25) is 0 Å². The molecule has 158 valence electrons. The van der Waals surface area contributed by atoms with Crippen molar-refractivity contribution in [3.63, 3.8) is 0 Å². The molecule has 0 saturated carbocycles. The fourth-order valence-corrected chi connectivity index (χ4v) is 4.66. The van der Waals surface area contributed by atoms with Crippen LogP contribution in [0.5, 0.6) is 5.75 Å². The molecule has 7 nitrogen and oxygen atoms in total. The lowest BCUT2D eigenvalue weighted by Gasteiger charge is -2.36. The van der Waals surface area contributed by atoms with E-state index < -0.39 is 17.5 Å². The van der Waals surface area contributed by atoms with Crippen LogP contribution < -0.4 is 4.90 Å². The molecule has 30 heavy (non-hydrogen) atoms. The summed E-state index contributed by atoms with van der Waals surface area (Å²) in [5.41, 5.74) is -0.172. The number of piperidine rings is 1. The molecular formula is C20H21F3N6O. The molecule has 2 unspecified atom stereocenters. The normalized spacial score (nSPS) is 22.6. The average molecular weight is 418 g/mol. The van der Waals surface area contributed by atoms with Gasteiger partial charge in [-0.05, 0) is 50.6 Å². The minimum Gasteiger partial charge on any atom is -0.507 e. The molecule has 0 radical (unpaired) electrons. The van der Waals surface area contributed by atoms with Crippen LogP contribution in [0.15, 0.2) is 30.6 Å². The van der Waals surface area contributed by atoms with Crippen LogP contribution in [0.2, 0.25) is 0 Å². The lowest BCUT2D eigenvalue weighted by molar-refractivity contribution is -0.137. The molecule has 2 aliphatic rings. The SMILES string of the molecule is CN1CCC2CCN(c3nnc(-c4ccc(C(F)(F)F)cc4O)n4ccnc34)C2C1.